The van der Waals surface area contributed by atoms with E-state index in [2.05, 4.69) is 27.7 Å². The van der Waals surface area contributed by atoms with Crippen molar-refractivity contribution in [3.8, 4) is 0 Å². The lowest BCUT2D eigenvalue weighted by atomic mass is 9.62. The summed E-state index contributed by atoms with van der Waals surface area (Å²) in [5.41, 5.74) is -0.409. The Balaban J connectivity index is 2.41. The van der Waals surface area contributed by atoms with Crippen molar-refractivity contribution < 1.29 is 9.90 Å². The molecule has 0 spiro atoms. The minimum absolute atomic E-state index is 0.409. The van der Waals surface area contributed by atoms with Crippen molar-refractivity contribution in [3.63, 3.8) is 0 Å². The summed E-state index contributed by atoms with van der Waals surface area (Å²) in [5, 5.41) is 10.1. The van der Waals surface area contributed by atoms with Crippen LogP contribution < -0.4 is 0 Å². The molecule has 1 rings (SSSR count). The number of unbranched alkanes of at least 4 members (excludes halogenated alkanes) is 6. The van der Waals surface area contributed by atoms with Crippen LogP contribution in [0.25, 0.3) is 0 Å². The zero-order chi connectivity index (χ0) is 20.1. The number of rotatable bonds is 15. The molecule has 0 saturated heterocycles. The minimum Gasteiger partial charge on any atom is -0.481 e. The Hall–Kier alpha value is -0.530. The SMILES string of the molecule is CC(C)CCCCCCC1CCCCC1(CCCCCCC(C)C)C(=O)O. The highest BCUT2D eigenvalue weighted by Crippen LogP contribution is 2.47. The van der Waals surface area contributed by atoms with E-state index in [9.17, 15) is 9.90 Å². The molecule has 1 aliphatic rings. The highest BCUT2D eigenvalue weighted by Gasteiger charge is 2.45. The van der Waals surface area contributed by atoms with Gasteiger partial charge in [0.1, 0.15) is 0 Å². The van der Waals surface area contributed by atoms with Crippen LogP contribution in [0.1, 0.15) is 130 Å². The van der Waals surface area contributed by atoms with E-state index in [1.54, 1.807) is 0 Å². The first-order chi connectivity index (χ1) is 12.9. The lowest BCUT2D eigenvalue weighted by Gasteiger charge is -2.41. The fraction of sp³-hybridized carbons (Fsp3) is 0.960. The van der Waals surface area contributed by atoms with Gasteiger partial charge in [0.05, 0.1) is 5.41 Å². The monoisotopic (exact) mass is 380 g/mol. The van der Waals surface area contributed by atoms with Crippen molar-refractivity contribution >= 4 is 5.97 Å². The van der Waals surface area contributed by atoms with Crippen LogP contribution in [0.15, 0.2) is 0 Å². The van der Waals surface area contributed by atoms with E-state index in [0.717, 1.165) is 50.4 Å². The maximum atomic E-state index is 12.3. The Morgan fingerprint density at radius 3 is 1.96 bits per heavy atom. The molecule has 2 heteroatoms. The minimum atomic E-state index is -0.491. The van der Waals surface area contributed by atoms with Gasteiger partial charge in [-0.25, -0.2) is 0 Å². The number of carboxylic acids is 1. The summed E-state index contributed by atoms with van der Waals surface area (Å²) in [7, 11) is 0. The summed E-state index contributed by atoms with van der Waals surface area (Å²) in [6.45, 7) is 9.17. The molecule has 0 heterocycles. The van der Waals surface area contributed by atoms with Gasteiger partial charge < -0.3 is 5.11 Å². The summed E-state index contributed by atoms with van der Waals surface area (Å²) in [6.07, 6.45) is 19.2. The van der Waals surface area contributed by atoms with Gasteiger partial charge in [0.15, 0.2) is 0 Å². The molecule has 27 heavy (non-hydrogen) atoms. The van der Waals surface area contributed by atoms with Crippen LogP contribution in [-0.4, -0.2) is 11.1 Å². The van der Waals surface area contributed by atoms with Crippen LogP contribution in [0, 0.1) is 23.2 Å². The van der Waals surface area contributed by atoms with Gasteiger partial charge in [-0.1, -0.05) is 105 Å². The zero-order valence-electron chi connectivity index (χ0n) is 18.9. The van der Waals surface area contributed by atoms with E-state index in [1.165, 1.54) is 64.2 Å². The molecule has 2 nitrogen and oxygen atoms in total. The van der Waals surface area contributed by atoms with E-state index < -0.39 is 11.4 Å². The molecule has 160 valence electrons. The third kappa shape index (κ3) is 9.48. The molecule has 0 aromatic heterocycles. The van der Waals surface area contributed by atoms with Gasteiger partial charge in [-0.2, -0.15) is 0 Å². The molecule has 0 aromatic rings. The molecule has 1 N–H and O–H groups in total. The average Bonchev–Trinajstić information content (AvgIpc) is 2.61. The second-order valence-corrected chi connectivity index (χ2v) is 10.1. The lowest BCUT2D eigenvalue weighted by molar-refractivity contribution is -0.156. The first kappa shape index (κ1) is 24.5. The van der Waals surface area contributed by atoms with Crippen molar-refractivity contribution in [2.45, 2.75) is 130 Å². The van der Waals surface area contributed by atoms with Crippen LogP contribution in [0.3, 0.4) is 0 Å². The molecule has 2 unspecified atom stereocenters. The molecule has 2 atom stereocenters. The van der Waals surface area contributed by atoms with Crippen LogP contribution in [0.4, 0.5) is 0 Å². The second kappa shape index (κ2) is 13.6. The molecule has 1 aliphatic carbocycles. The fourth-order valence-electron chi connectivity index (χ4n) is 5.09. The topological polar surface area (TPSA) is 37.3 Å². The standard InChI is InChI=1S/C25H48O2/c1-21(2)15-9-5-6-11-17-23-18-12-14-20-25(23,24(26)27)19-13-8-7-10-16-22(3)4/h21-23H,5-20H2,1-4H3,(H,26,27). The average molecular weight is 381 g/mol. The van der Waals surface area contributed by atoms with Crippen LogP contribution >= 0.6 is 0 Å². The van der Waals surface area contributed by atoms with Gasteiger partial charge in [-0.3, -0.25) is 4.79 Å². The van der Waals surface area contributed by atoms with Gasteiger partial charge in [0, 0.05) is 0 Å². The number of hydrogen-bond donors (Lipinski definition) is 1. The van der Waals surface area contributed by atoms with Gasteiger partial charge >= 0.3 is 5.97 Å². The number of hydrogen-bond acceptors (Lipinski definition) is 1. The van der Waals surface area contributed by atoms with Crippen LogP contribution in [-0.2, 0) is 4.79 Å². The summed E-state index contributed by atoms with van der Waals surface area (Å²) in [5.74, 6) is 1.53. The third-order valence-electron chi connectivity index (χ3n) is 6.87. The van der Waals surface area contributed by atoms with E-state index in [4.69, 9.17) is 0 Å². The van der Waals surface area contributed by atoms with Gasteiger partial charge in [0.2, 0.25) is 0 Å². The number of carbonyl (C=O) groups is 1. The quantitative estimate of drug-likeness (QED) is 0.290. The second-order valence-electron chi connectivity index (χ2n) is 10.1. The maximum Gasteiger partial charge on any atom is 0.309 e. The summed E-state index contributed by atoms with van der Waals surface area (Å²) < 4.78 is 0. The van der Waals surface area contributed by atoms with Crippen molar-refractivity contribution in [3.05, 3.63) is 0 Å². The van der Waals surface area contributed by atoms with E-state index in [0.29, 0.717) is 5.92 Å². The molecular weight excluding hydrogens is 332 g/mol. The van der Waals surface area contributed by atoms with E-state index >= 15 is 0 Å². The van der Waals surface area contributed by atoms with Gasteiger partial charge in [-0.05, 0) is 43.4 Å². The molecule has 0 bridgehead atoms. The van der Waals surface area contributed by atoms with Crippen LogP contribution in [0.2, 0.25) is 0 Å². The number of carboxylic acid groups (broad SMARTS) is 1. The lowest BCUT2D eigenvalue weighted by Crippen LogP contribution is -2.41. The smallest absolute Gasteiger partial charge is 0.309 e. The largest absolute Gasteiger partial charge is 0.481 e. The van der Waals surface area contributed by atoms with Crippen molar-refractivity contribution in [1.82, 2.24) is 0 Å². The highest BCUT2D eigenvalue weighted by molar-refractivity contribution is 5.75. The molecule has 0 amide bonds. The maximum absolute atomic E-state index is 12.3. The predicted molar refractivity (Wildman–Crippen MR) is 117 cm³/mol. The summed E-state index contributed by atoms with van der Waals surface area (Å²) >= 11 is 0. The predicted octanol–water partition coefficient (Wildman–Crippen LogP) is 8.24. The Kier molecular flexibility index (Phi) is 12.4. The van der Waals surface area contributed by atoms with Gasteiger partial charge in [0.25, 0.3) is 0 Å². The highest BCUT2D eigenvalue weighted by atomic mass is 16.4. The molecule has 1 fully saturated rings. The van der Waals surface area contributed by atoms with Crippen molar-refractivity contribution in [2.24, 2.45) is 23.2 Å². The number of aliphatic carboxylic acids is 1. The summed E-state index contributed by atoms with van der Waals surface area (Å²) in [4.78, 5) is 12.3. The Morgan fingerprint density at radius 1 is 0.852 bits per heavy atom. The van der Waals surface area contributed by atoms with Gasteiger partial charge in [-0.15, -0.1) is 0 Å². The Morgan fingerprint density at radius 2 is 1.41 bits per heavy atom. The summed E-state index contributed by atoms with van der Waals surface area (Å²) in [6, 6.07) is 0. The molecule has 0 aromatic carbocycles. The fourth-order valence-corrected chi connectivity index (χ4v) is 5.09. The van der Waals surface area contributed by atoms with Crippen molar-refractivity contribution in [1.29, 1.82) is 0 Å². The first-order valence-corrected chi connectivity index (χ1v) is 12.1. The normalized spacial score (nSPS) is 23.3. The van der Waals surface area contributed by atoms with Crippen LogP contribution in [0.5, 0.6) is 0 Å². The molecular formula is C25H48O2. The molecule has 0 radical (unpaired) electrons. The van der Waals surface area contributed by atoms with Crippen molar-refractivity contribution in [2.75, 3.05) is 0 Å². The first-order valence-electron chi connectivity index (χ1n) is 12.1. The third-order valence-corrected chi connectivity index (χ3v) is 6.87. The Labute approximate surface area is 169 Å². The zero-order valence-corrected chi connectivity index (χ0v) is 18.9. The molecule has 0 aliphatic heterocycles. The van der Waals surface area contributed by atoms with E-state index in [-0.39, 0.29) is 0 Å². The Bertz CT molecular complexity index is 388. The van der Waals surface area contributed by atoms with E-state index in [1.807, 2.05) is 0 Å². The molecule has 1 saturated carbocycles.